The molecule has 1 unspecified atom stereocenters. The van der Waals surface area contributed by atoms with Crippen LogP contribution in [0.4, 0.5) is 0 Å². The summed E-state index contributed by atoms with van der Waals surface area (Å²) in [5, 5.41) is 0. The van der Waals surface area contributed by atoms with Gasteiger partial charge in [-0.25, -0.2) is 4.98 Å². The largest absolute Gasteiger partial charge is 0.294 e. The first kappa shape index (κ1) is 16.2. The first-order valence-corrected chi connectivity index (χ1v) is 8.98. The normalized spacial score (nSPS) is 19.7. The molecule has 2 aliphatic heterocycles. The third-order valence-corrected chi connectivity index (χ3v) is 5.27. The van der Waals surface area contributed by atoms with Crippen LogP contribution < -0.4 is 5.56 Å². The third kappa shape index (κ3) is 2.72. The highest BCUT2D eigenvalue weighted by atomic mass is 16.1. The number of nitrogens with zero attached hydrogens (tertiary/aromatic N) is 4. The van der Waals surface area contributed by atoms with Crippen LogP contribution in [0, 0.1) is 5.92 Å². The highest BCUT2D eigenvalue weighted by molar-refractivity contribution is 6.03. The number of hydrogen-bond acceptors (Lipinski definition) is 4. The molecule has 2 aromatic rings. The molecule has 1 aromatic heterocycles. The van der Waals surface area contributed by atoms with Gasteiger partial charge < -0.3 is 0 Å². The maximum Gasteiger partial charge on any atom is 0.259 e. The highest BCUT2D eigenvalue weighted by Gasteiger charge is 2.32. The monoisotopic (exact) mass is 336 g/mol. The van der Waals surface area contributed by atoms with Crippen molar-refractivity contribution in [3.63, 3.8) is 0 Å². The van der Waals surface area contributed by atoms with E-state index in [4.69, 9.17) is 4.98 Å². The molecule has 0 radical (unpaired) electrons. The molecule has 130 valence electrons. The quantitative estimate of drug-likeness (QED) is 0.865. The second kappa shape index (κ2) is 6.23. The zero-order valence-corrected chi connectivity index (χ0v) is 15.1. The van der Waals surface area contributed by atoms with Crippen LogP contribution in [0.5, 0.6) is 0 Å². The molecule has 0 amide bonds. The van der Waals surface area contributed by atoms with E-state index in [2.05, 4.69) is 55.1 Å². The Kier molecular flexibility index (Phi) is 4.04. The summed E-state index contributed by atoms with van der Waals surface area (Å²) in [5.74, 6) is 1.17. The molecule has 1 aromatic carbocycles. The SMILES string of the molecule is CC(C)C1=NCc2c1nc1n(c2=O)CCN(C)C1Cc1ccccc1. The molecule has 1 atom stereocenters. The molecular formula is C20H24N4O. The van der Waals surface area contributed by atoms with Crippen LogP contribution in [0.15, 0.2) is 40.1 Å². The van der Waals surface area contributed by atoms with Crippen molar-refractivity contribution in [2.75, 3.05) is 13.6 Å². The minimum absolute atomic E-state index is 0.102. The van der Waals surface area contributed by atoms with Crippen LogP contribution in [0.1, 0.15) is 42.5 Å². The van der Waals surface area contributed by atoms with Crippen LogP contribution in [0.2, 0.25) is 0 Å². The molecular weight excluding hydrogens is 312 g/mol. The Hall–Kier alpha value is -2.27. The van der Waals surface area contributed by atoms with E-state index >= 15 is 0 Å². The van der Waals surface area contributed by atoms with Crippen molar-refractivity contribution >= 4 is 5.71 Å². The van der Waals surface area contributed by atoms with Gasteiger partial charge in [-0.15, -0.1) is 0 Å². The van der Waals surface area contributed by atoms with E-state index in [-0.39, 0.29) is 17.5 Å². The van der Waals surface area contributed by atoms with Gasteiger partial charge in [-0.3, -0.25) is 19.3 Å². The molecule has 2 aliphatic rings. The summed E-state index contributed by atoms with van der Waals surface area (Å²) in [4.78, 5) is 24.9. The molecule has 0 aliphatic carbocycles. The van der Waals surface area contributed by atoms with Gasteiger partial charge in [0.05, 0.1) is 29.6 Å². The molecule has 3 heterocycles. The van der Waals surface area contributed by atoms with Gasteiger partial charge in [-0.2, -0.15) is 0 Å². The lowest BCUT2D eigenvalue weighted by molar-refractivity contribution is 0.184. The fraction of sp³-hybridized carbons (Fsp3) is 0.450. The first-order chi connectivity index (χ1) is 12.1. The van der Waals surface area contributed by atoms with Crippen molar-refractivity contribution in [3.05, 3.63) is 63.3 Å². The van der Waals surface area contributed by atoms with E-state index in [1.54, 1.807) is 0 Å². The molecule has 5 nitrogen and oxygen atoms in total. The molecule has 0 N–H and O–H groups in total. The van der Waals surface area contributed by atoms with Crippen LogP contribution in [0.25, 0.3) is 0 Å². The predicted molar refractivity (Wildman–Crippen MR) is 99.1 cm³/mol. The fourth-order valence-electron chi connectivity index (χ4n) is 3.83. The first-order valence-electron chi connectivity index (χ1n) is 8.98. The van der Waals surface area contributed by atoms with Crippen molar-refractivity contribution in [3.8, 4) is 0 Å². The Balaban J connectivity index is 1.81. The highest BCUT2D eigenvalue weighted by Crippen LogP contribution is 2.28. The average Bonchev–Trinajstić information content (AvgIpc) is 3.03. The van der Waals surface area contributed by atoms with Gasteiger partial charge in [0.2, 0.25) is 0 Å². The van der Waals surface area contributed by atoms with Crippen LogP contribution in [-0.4, -0.2) is 33.8 Å². The number of fused-ring (bicyclic) bond motifs is 2. The third-order valence-electron chi connectivity index (χ3n) is 5.27. The summed E-state index contributed by atoms with van der Waals surface area (Å²) in [7, 11) is 2.12. The summed E-state index contributed by atoms with van der Waals surface area (Å²) in [6, 6.07) is 10.5. The molecule has 0 fully saturated rings. The van der Waals surface area contributed by atoms with Gasteiger partial charge in [0.15, 0.2) is 0 Å². The smallest absolute Gasteiger partial charge is 0.259 e. The van der Waals surface area contributed by atoms with Crippen LogP contribution >= 0.6 is 0 Å². The summed E-state index contributed by atoms with van der Waals surface area (Å²) in [6.45, 7) is 6.27. The van der Waals surface area contributed by atoms with Crippen molar-refractivity contribution in [2.24, 2.45) is 10.9 Å². The Morgan fingerprint density at radius 2 is 1.96 bits per heavy atom. The maximum absolute atomic E-state index is 13.0. The Bertz CT molecular complexity index is 883. The number of aliphatic imine (C=N–C) groups is 1. The molecule has 0 spiro atoms. The number of aromatic nitrogens is 2. The molecule has 0 saturated carbocycles. The van der Waals surface area contributed by atoms with Gasteiger partial charge >= 0.3 is 0 Å². The van der Waals surface area contributed by atoms with Gasteiger partial charge in [0, 0.05) is 13.1 Å². The van der Waals surface area contributed by atoms with E-state index in [1.165, 1.54) is 5.56 Å². The van der Waals surface area contributed by atoms with E-state index in [0.717, 1.165) is 35.8 Å². The number of likely N-dealkylation sites (N-methyl/N-ethyl adjacent to an activating group) is 1. The van der Waals surface area contributed by atoms with Crippen molar-refractivity contribution < 1.29 is 0 Å². The lowest BCUT2D eigenvalue weighted by Gasteiger charge is -2.35. The fourth-order valence-corrected chi connectivity index (χ4v) is 3.83. The second-order valence-corrected chi connectivity index (χ2v) is 7.30. The molecule has 25 heavy (non-hydrogen) atoms. The van der Waals surface area contributed by atoms with Gasteiger partial charge in [0.1, 0.15) is 5.82 Å². The molecule has 4 rings (SSSR count). The van der Waals surface area contributed by atoms with Crippen LogP contribution in [0.3, 0.4) is 0 Å². The standard InChI is InChI=1S/C20H24N4O/c1-13(2)17-18-15(12-21-17)20(25)24-10-9-23(3)16(19(24)22-18)11-14-7-5-4-6-8-14/h4-8,13,16H,9-12H2,1-3H3. The Morgan fingerprint density at radius 1 is 1.20 bits per heavy atom. The number of benzene rings is 1. The predicted octanol–water partition coefficient (Wildman–Crippen LogP) is 2.43. The van der Waals surface area contributed by atoms with E-state index in [1.807, 2.05) is 10.6 Å². The Labute approximate surface area is 148 Å². The molecule has 5 heteroatoms. The molecule has 0 saturated heterocycles. The number of rotatable bonds is 3. The van der Waals surface area contributed by atoms with Crippen molar-refractivity contribution in [1.82, 2.24) is 14.5 Å². The zero-order chi connectivity index (χ0) is 17.6. The Morgan fingerprint density at radius 3 is 2.68 bits per heavy atom. The summed E-state index contributed by atoms with van der Waals surface area (Å²) < 4.78 is 1.88. The lowest BCUT2D eigenvalue weighted by Crippen LogP contribution is -2.43. The van der Waals surface area contributed by atoms with E-state index in [9.17, 15) is 4.79 Å². The summed E-state index contributed by atoms with van der Waals surface area (Å²) >= 11 is 0. The molecule has 0 bridgehead atoms. The second-order valence-electron chi connectivity index (χ2n) is 7.30. The zero-order valence-electron chi connectivity index (χ0n) is 15.1. The minimum Gasteiger partial charge on any atom is -0.294 e. The van der Waals surface area contributed by atoms with Gasteiger partial charge in [-0.1, -0.05) is 44.2 Å². The van der Waals surface area contributed by atoms with E-state index < -0.39 is 0 Å². The van der Waals surface area contributed by atoms with Crippen LogP contribution in [-0.2, 0) is 19.5 Å². The van der Waals surface area contributed by atoms with E-state index in [0.29, 0.717) is 13.1 Å². The summed E-state index contributed by atoms with van der Waals surface area (Å²) in [5.41, 5.74) is 3.95. The van der Waals surface area contributed by atoms with Gasteiger partial charge in [-0.05, 0) is 24.9 Å². The topological polar surface area (TPSA) is 50.5 Å². The number of hydrogen-bond donors (Lipinski definition) is 0. The lowest BCUT2D eigenvalue weighted by atomic mass is 10.00. The van der Waals surface area contributed by atoms with Crippen molar-refractivity contribution in [1.29, 1.82) is 0 Å². The average molecular weight is 336 g/mol. The van der Waals surface area contributed by atoms with Crippen molar-refractivity contribution in [2.45, 2.75) is 39.4 Å². The minimum atomic E-state index is 0.102. The van der Waals surface area contributed by atoms with Gasteiger partial charge in [0.25, 0.3) is 5.56 Å². The summed E-state index contributed by atoms with van der Waals surface area (Å²) in [6.07, 6.45) is 0.858. The maximum atomic E-state index is 13.0.